The third kappa shape index (κ3) is 4.32. The maximum absolute atomic E-state index is 11.2. The highest BCUT2D eigenvalue weighted by Crippen LogP contribution is 2.39. The van der Waals surface area contributed by atoms with E-state index in [-0.39, 0.29) is 5.75 Å². The topological polar surface area (TPSA) is 54.4 Å². The number of hydrogen-bond donors (Lipinski definition) is 1. The van der Waals surface area contributed by atoms with Crippen molar-refractivity contribution in [3.63, 3.8) is 0 Å². The molecule has 0 radical (unpaired) electrons. The maximum atomic E-state index is 11.2. The van der Waals surface area contributed by atoms with Gasteiger partial charge in [-0.2, -0.15) is 0 Å². The van der Waals surface area contributed by atoms with E-state index < -0.39 is 15.4 Å². The van der Waals surface area contributed by atoms with Gasteiger partial charge in [-0.1, -0.05) is 30.3 Å². The minimum atomic E-state index is -2.99. The molecule has 1 aliphatic rings. The average molecular weight is 282 g/mol. The summed E-state index contributed by atoms with van der Waals surface area (Å²) < 4.78 is 22.4. The van der Waals surface area contributed by atoms with Crippen LogP contribution < -0.4 is 0 Å². The molecule has 0 unspecified atom stereocenters. The molecule has 1 aromatic carbocycles. The van der Waals surface area contributed by atoms with E-state index in [9.17, 15) is 13.5 Å². The van der Waals surface area contributed by atoms with Crippen molar-refractivity contribution in [2.75, 3.05) is 12.0 Å². The zero-order valence-corrected chi connectivity index (χ0v) is 12.2. The van der Waals surface area contributed by atoms with Crippen LogP contribution in [0.4, 0.5) is 0 Å². The highest BCUT2D eigenvalue weighted by molar-refractivity contribution is 7.90. The number of aliphatic hydroxyl groups is 1. The van der Waals surface area contributed by atoms with Gasteiger partial charge in [-0.3, -0.25) is 0 Å². The van der Waals surface area contributed by atoms with E-state index in [2.05, 4.69) is 12.1 Å². The predicted octanol–water partition coefficient (Wildman–Crippen LogP) is 2.51. The molecule has 19 heavy (non-hydrogen) atoms. The molecule has 2 rings (SSSR count). The summed E-state index contributed by atoms with van der Waals surface area (Å²) in [6.07, 6.45) is 4.86. The van der Waals surface area contributed by atoms with E-state index >= 15 is 0 Å². The van der Waals surface area contributed by atoms with E-state index in [1.165, 1.54) is 11.8 Å². The first-order valence-electron chi connectivity index (χ1n) is 6.83. The van der Waals surface area contributed by atoms with E-state index in [1.54, 1.807) is 0 Å². The number of hydrogen-bond acceptors (Lipinski definition) is 3. The van der Waals surface area contributed by atoms with Gasteiger partial charge in [0.25, 0.3) is 0 Å². The summed E-state index contributed by atoms with van der Waals surface area (Å²) in [6.45, 7) is 0. The first kappa shape index (κ1) is 14.5. The lowest BCUT2D eigenvalue weighted by molar-refractivity contribution is -0.00348. The molecule has 0 aromatic heterocycles. The molecule has 0 atom stereocenters. The van der Waals surface area contributed by atoms with E-state index in [1.807, 2.05) is 18.2 Å². The van der Waals surface area contributed by atoms with Gasteiger partial charge in [0.1, 0.15) is 9.84 Å². The Bertz CT molecular complexity index is 499. The minimum absolute atomic E-state index is 0.0828. The minimum Gasteiger partial charge on any atom is -0.390 e. The summed E-state index contributed by atoms with van der Waals surface area (Å²) in [6, 6.07) is 10.4. The van der Waals surface area contributed by atoms with Crippen LogP contribution in [-0.4, -0.2) is 31.1 Å². The average Bonchev–Trinajstić information content (AvgIpc) is 2.38. The molecule has 1 aromatic rings. The van der Waals surface area contributed by atoms with Crippen molar-refractivity contribution in [1.82, 2.24) is 0 Å². The molecule has 1 N–H and O–H groups in total. The van der Waals surface area contributed by atoms with Crippen LogP contribution in [0, 0.1) is 0 Å². The molecule has 3 nitrogen and oxygen atoms in total. The predicted molar refractivity (Wildman–Crippen MR) is 76.9 cm³/mol. The van der Waals surface area contributed by atoms with Crippen LogP contribution in [0.1, 0.15) is 43.6 Å². The molecule has 0 aliphatic heterocycles. The second-order valence-corrected chi connectivity index (χ2v) is 8.05. The fourth-order valence-corrected chi connectivity index (χ4v) is 3.59. The molecule has 0 heterocycles. The van der Waals surface area contributed by atoms with Gasteiger partial charge in [0.2, 0.25) is 0 Å². The highest BCUT2D eigenvalue weighted by Gasteiger charge is 2.34. The van der Waals surface area contributed by atoms with Crippen molar-refractivity contribution in [2.45, 2.75) is 43.6 Å². The third-order valence-corrected chi connectivity index (χ3v) is 5.07. The van der Waals surface area contributed by atoms with Gasteiger partial charge >= 0.3 is 0 Å². The van der Waals surface area contributed by atoms with Gasteiger partial charge in [-0.05, 0) is 43.6 Å². The van der Waals surface area contributed by atoms with Crippen molar-refractivity contribution >= 4 is 9.84 Å². The summed E-state index contributed by atoms with van der Waals surface area (Å²) in [5, 5.41) is 10.4. The van der Waals surface area contributed by atoms with Gasteiger partial charge < -0.3 is 5.11 Å². The molecule has 1 fully saturated rings. The highest BCUT2D eigenvalue weighted by atomic mass is 32.2. The van der Waals surface area contributed by atoms with Gasteiger partial charge in [0.15, 0.2) is 0 Å². The summed E-state index contributed by atoms with van der Waals surface area (Å²) in [5.74, 6) is 0.583. The smallest absolute Gasteiger partial charge is 0.147 e. The van der Waals surface area contributed by atoms with Crippen LogP contribution in [0.3, 0.4) is 0 Å². The van der Waals surface area contributed by atoms with Crippen molar-refractivity contribution in [3.05, 3.63) is 35.9 Å². The second-order valence-electron chi connectivity index (χ2n) is 5.79. The first-order chi connectivity index (χ1) is 8.88. The fraction of sp³-hybridized carbons (Fsp3) is 0.600. The van der Waals surface area contributed by atoms with Gasteiger partial charge in [-0.25, -0.2) is 8.42 Å². The Labute approximate surface area is 115 Å². The number of benzene rings is 1. The van der Waals surface area contributed by atoms with Crippen molar-refractivity contribution < 1.29 is 13.5 Å². The van der Waals surface area contributed by atoms with Crippen molar-refractivity contribution in [3.8, 4) is 0 Å². The largest absolute Gasteiger partial charge is 0.390 e. The third-order valence-electron chi connectivity index (χ3n) is 4.13. The summed E-state index contributed by atoms with van der Waals surface area (Å²) in [5.41, 5.74) is 0.543. The van der Waals surface area contributed by atoms with E-state index in [0.29, 0.717) is 25.2 Å². The zero-order valence-electron chi connectivity index (χ0n) is 11.4. The normalized spacial score (nSPS) is 28.2. The SMILES string of the molecule is CS(=O)(=O)CCC1(O)CCC(c2ccccc2)CC1. The lowest BCUT2D eigenvalue weighted by atomic mass is 9.75. The molecule has 1 aliphatic carbocycles. The molecule has 0 amide bonds. The lowest BCUT2D eigenvalue weighted by Gasteiger charge is -2.36. The van der Waals surface area contributed by atoms with Crippen molar-refractivity contribution in [2.24, 2.45) is 0 Å². The molecule has 1 saturated carbocycles. The van der Waals surface area contributed by atoms with Gasteiger partial charge in [-0.15, -0.1) is 0 Å². The Morgan fingerprint density at radius 1 is 1.21 bits per heavy atom. The van der Waals surface area contributed by atoms with E-state index in [0.717, 1.165) is 12.8 Å². The van der Waals surface area contributed by atoms with Crippen LogP contribution in [0.5, 0.6) is 0 Å². The molecular formula is C15H22O3S. The second kappa shape index (κ2) is 5.63. The van der Waals surface area contributed by atoms with Crippen LogP contribution in [0.25, 0.3) is 0 Å². The molecular weight excluding hydrogens is 260 g/mol. The maximum Gasteiger partial charge on any atom is 0.147 e. The standard InChI is InChI=1S/C15H22O3S/c1-19(17,18)12-11-15(16)9-7-14(8-10-15)13-5-3-2-4-6-13/h2-6,14,16H,7-12H2,1H3. The quantitative estimate of drug-likeness (QED) is 0.923. The molecule has 106 valence electrons. The number of rotatable bonds is 4. The Balaban J connectivity index is 1.91. The molecule has 0 saturated heterocycles. The Kier molecular flexibility index (Phi) is 4.31. The monoisotopic (exact) mass is 282 g/mol. The fourth-order valence-electron chi connectivity index (χ4n) is 2.84. The number of sulfone groups is 1. The summed E-state index contributed by atoms with van der Waals surface area (Å²) in [7, 11) is -2.99. The molecule has 4 heteroatoms. The first-order valence-corrected chi connectivity index (χ1v) is 8.89. The Morgan fingerprint density at radius 3 is 2.32 bits per heavy atom. The van der Waals surface area contributed by atoms with Gasteiger partial charge in [0.05, 0.1) is 11.4 Å². The lowest BCUT2D eigenvalue weighted by Crippen LogP contribution is -2.35. The van der Waals surface area contributed by atoms with Crippen LogP contribution in [0.15, 0.2) is 30.3 Å². The summed E-state index contributed by atoms with van der Waals surface area (Å²) >= 11 is 0. The van der Waals surface area contributed by atoms with E-state index in [4.69, 9.17) is 0 Å². The van der Waals surface area contributed by atoms with Crippen LogP contribution in [0.2, 0.25) is 0 Å². The Hall–Kier alpha value is -0.870. The van der Waals surface area contributed by atoms with Crippen LogP contribution in [-0.2, 0) is 9.84 Å². The zero-order chi connectivity index (χ0) is 13.9. The molecule has 0 spiro atoms. The van der Waals surface area contributed by atoms with Crippen LogP contribution >= 0.6 is 0 Å². The Morgan fingerprint density at radius 2 is 1.79 bits per heavy atom. The summed E-state index contributed by atoms with van der Waals surface area (Å²) in [4.78, 5) is 0. The molecule has 0 bridgehead atoms. The van der Waals surface area contributed by atoms with Crippen molar-refractivity contribution in [1.29, 1.82) is 0 Å². The van der Waals surface area contributed by atoms with Gasteiger partial charge in [0, 0.05) is 6.26 Å².